The van der Waals surface area contributed by atoms with Crippen molar-refractivity contribution in [2.24, 2.45) is 0 Å². The maximum absolute atomic E-state index is 12.0. The van der Waals surface area contributed by atoms with Gasteiger partial charge in [-0.3, -0.25) is 4.79 Å². The summed E-state index contributed by atoms with van der Waals surface area (Å²) in [7, 11) is 1.66. The summed E-state index contributed by atoms with van der Waals surface area (Å²) < 4.78 is 10.5. The molecule has 0 aliphatic heterocycles. The van der Waals surface area contributed by atoms with Crippen LogP contribution < -0.4 is 10.6 Å². The summed E-state index contributed by atoms with van der Waals surface area (Å²) in [6.45, 7) is 6.77. The minimum absolute atomic E-state index is 0.185. The van der Waals surface area contributed by atoms with E-state index in [1.807, 2.05) is 26.0 Å². The summed E-state index contributed by atoms with van der Waals surface area (Å²) in [6, 6.07) is 5.79. The number of ether oxygens (including phenoxy) is 1. The number of hydrogen-bond acceptors (Lipinski definition) is 4. The number of nitrogens with one attached hydrogen (secondary N) is 2. The van der Waals surface area contributed by atoms with Crippen LogP contribution in [-0.2, 0) is 4.74 Å². The van der Waals surface area contributed by atoms with E-state index in [2.05, 4.69) is 10.6 Å². The number of rotatable bonds is 7. The number of benzene rings is 1. The molecule has 2 rings (SSSR count). The first-order valence-electron chi connectivity index (χ1n) is 7.10. The Hall–Kier alpha value is -1.85. The number of hydrogen-bond donors (Lipinski definition) is 2. The third-order valence-electron chi connectivity index (χ3n) is 3.43. The highest BCUT2D eigenvalue weighted by Crippen LogP contribution is 2.23. The zero-order valence-corrected chi connectivity index (χ0v) is 12.8. The van der Waals surface area contributed by atoms with Gasteiger partial charge in [0.1, 0.15) is 5.58 Å². The van der Waals surface area contributed by atoms with Crippen molar-refractivity contribution < 1.29 is 13.9 Å². The number of aryl methyl sites for hydroxylation is 2. The Morgan fingerprint density at radius 1 is 1.14 bits per heavy atom. The van der Waals surface area contributed by atoms with E-state index in [1.54, 1.807) is 13.2 Å². The minimum Gasteiger partial charge on any atom is -0.451 e. The number of carbonyl (C=O) groups excluding carboxylic acids is 1. The van der Waals surface area contributed by atoms with Gasteiger partial charge in [-0.05, 0) is 43.2 Å². The van der Waals surface area contributed by atoms with Gasteiger partial charge in [-0.2, -0.15) is 0 Å². The third kappa shape index (κ3) is 4.06. The van der Waals surface area contributed by atoms with Crippen molar-refractivity contribution in [3.63, 3.8) is 0 Å². The molecule has 0 unspecified atom stereocenters. The van der Waals surface area contributed by atoms with Crippen LogP contribution in [-0.4, -0.2) is 39.3 Å². The van der Waals surface area contributed by atoms with Crippen LogP contribution in [0.4, 0.5) is 0 Å². The zero-order chi connectivity index (χ0) is 15.2. The van der Waals surface area contributed by atoms with Gasteiger partial charge in [0.05, 0.1) is 6.61 Å². The lowest BCUT2D eigenvalue weighted by molar-refractivity contribution is 0.0928. The molecule has 0 aliphatic carbocycles. The highest BCUT2D eigenvalue weighted by atomic mass is 16.5. The molecule has 0 saturated carbocycles. The molecule has 0 atom stereocenters. The molecular weight excluding hydrogens is 268 g/mol. The van der Waals surface area contributed by atoms with Crippen molar-refractivity contribution in [1.29, 1.82) is 0 Å². The predicted molar refractivity (Wildman–Crippen MR) is 82.8 cm³/mol. The largest absolute Gasteiger partial charge is 0.451 e. The molecule has 0 bridgehead atoms. The molecular formula is C16H22N2O3. The molecule has 2 aromatic rings. The maximum atomic E-state index is 12.0. The summed E-state index contributed by atoms with van der Waals surface area (Å²) >= 11 is 0. The standard InChI is InChI=1S/C16H22N2O3/c1-11-8-13-10-15(21-14(13)9-12(11)2)16(19)18-5-4-17-6-7-20-3/h8-10,17H,4-7H2,1-3H3,(H,18,19). The van der Waals surface area contributed by atoms with Crippen LogP contribution in [0.15, 0.2) is 22.6 Å². The van der Waals surface area contributed by atoms with Gasteiger partial charge in [-0.25, -0.2) is 0 Å². The molecule has 0 aliphatic rings. The van der Waals surface area contributed by atoms with Crippen molar-refractivity contribution in [3.8, 4) is 0 Å². The van der Waals surface area contributed by atoms with Gasteiger partial charge in [0, 0.05) is 32.1 Å². The van der Waals surface area contributed by atoms with E-state index in [4.69, 9.17) is 9.15 Å². The Labute approximate surface area is 124 Å². The Bertz CT molecular complexity index is 580. The molecule has 21 heavy (non-hydrogen) atoms. The van der Waals surface area contributed by atoms with E-state index in [0.717, 1.165) is 23.1 Å². The van der Waals surface area contributed by atoms with Gasteiger partial charge in [0.25, 0.3) is 5.91 Å². The average Bonchev–Trinajstić information content (AvgIpc) is 2.86. The van der Waals surface area contributed by atoms with Crippen LogP contribution in [0.1, 0.15) is 21.7 Å². The van der Waals surface area contributed by atoms with Crippen molar-refractivity contribution in [2.75, 3.05) is 33.4 Å². The first-order chi connectivity index (χ1) is 10.1. The van der Waals surface area contributed by atoms with Crippen LogP contribution in [0.25, 0.3) is 11.0 Å². The van der Waals surface area contributed by atoms with Crippen LogP contribution in [0.3, 0.4) is 0 Å². The number of amides is 1. The summed E-state index contributed by atoms with van der Waals surface area (Å²) in [5.41, 5.74) is 3.10. The number of fused-ring (bicyclic) bond motifs is 1. The van der Waals surface area contributed by atoms with Crippen LogP contribution in [0.2, 0.25) is 0 Å². The molecule has 0 saturated heterocycles. The van der Waals surface area contributed by atoms with Crippen LogP contribution >= 0.6 is 0 Å². The van der Waals surface area contributed by atoms with Gasteiger partial charge in [0.2, 0.25) is 0 Å². The SMILES string of the molecule is COCCNCCNC(=O)c1cc2cc(C)c(C)cc2o1. The molecule has 0 radical (unpaired) electrons. The third-order valence-corrected chi connectivity index (χ3v) is 3.43. The van der Waals surface area contributed by atoms with Crippen molar-refractivity contribution >= 4 is 16.9 Å². The number of furan rings is 1. The Kier molecular flexibility index (Phi) is 5.36. The second-order valence-corrected chi connectivity index (χ2v) is 5.08. The van der Waals surface area contributed by atoms with E-state index in [9.17, 15) is 4.79 Å². The number of methoxy groups -OCH3 is 1. The lowest BCUT2D eigenvalue weighted by Crippen LogP contribution is -2.32. The molecule has 2 N–H and O–H groups in total. The smallest absolute Gasteiger partial charge is 0.287 e. The fraction of sp³-hybridized carbons (Fsp3) is 0.438. The predicted octanol–water partition coefficient (Wildman–Crippen LogP) is 2.02. The fourth-order valence-electron chi connectivity index (χ4n) is 2.07. The van der Waals surface area contributed by atoms with Crippen molar-refractivity contribution in [2.45, 2.75) is 13.8 Å². The van der Waals surface area contributed by atoms with Crippen LogP contribution in [0.5, 0.6) is 0 Å². The molecule has 1 aromatic carbocycles. The Morgan fingerprint density at radius 2 is 1.90 bits per heavy atom. The topological polar surface area (TPSA) is 63.5 Å². The molecule has 1 aromatic heterocycles. The molecule has 0 spiro atoms. The van der Waals surface area contributed by atoms with Crippen molar-refractivity contribution in [1.82, 2.24) is 10.6 Å². The average molecular weight is 290 g/mol. The van der Waals surface area contributed by atoms with Crippen molar-refractivity contribution in [3.05, 3.63) is 35.1 Å². The maximum Gasteiger partial charge on any atom is 0.287 e. The van der Waals surface area contributed by atoms with Gasteiger partial charge >= 0.3 is 0 Å². The van der Waals surface area contributed by atoms with E-state index in [-0.39, 0.29) is 5.91 Å². The lowest BCUT2D eigenvalue weighted by Gasteiger charge is -2.04. The van der Waals surface area contributed by atoms with E-state index in [0.29, 0.717) is 25.5 Å². The Morgan fingerprint density at radius 3 is 2.67 bits per heavy atom. The number of carbonyl (C=O) groups is 1. The normalized spacial score (nSPS) is 11.0. The van der Waals surface area contributed by atoms with E-state index < -0.39 is 0 Å². The second kappa shape index (κ2) is 7.24. The van der Waals surface area contributed by atoms with E-state index >= 15 is 0 Å². The summed E-state index contributed by atoms with van der Waals surface area (Å²) in [5.74, 6) is 0.168. The molecule has 0 fully saturated rings. The first kappa shape index (κ1) is 15.5. The summed E-state index contributed by atoms with van der Waals surface area (Å²) in [4.78, 5) is 12.0. The molecule has 1 amide bonds. The van der Waals surface area contributed by atoms with Crippen LogP contribution in [0, 0.1) is 13.8 Å². The van der Waals surface area contributed by atoms with Gasteiger partial charge in [-0.15, -0.1) is 0 Å². The second-order valence-electron chi connectivity index (χ2n) is 5.08. The van der Waals surface area contributed by atoms with Gasteiger partial charge in [0.15, 0.2) is 5.76 Å². The molecule has 1 heterocycles. The lowest BCUT2D eigenvalue weighted by atomic mass is 10.1. The summed E-state index contributed by atoms with van der Waals surface area (Å²) in [6.07, 6.45) is 0. The zero-order valence-electron chi connectivity index (χ0n) is 12.8. The molecule has 114 valence electrons. The molecule has 5 nitrogen and oxygen atoms in total. The van der Waals surface area contributed by atoms with Gasteiger partial charge in [-0.1, -0.05) is 0 Å². The highest BCUT2D eigenvalue weighted by Gasteiger charge is 2.12. The fourth-order valence-corrected chi connectivity index (χ4v) is 2.07. The quantitative estimate of drug-likeness (QED) is 0.766. The monoisotopic (exact) mass is 290 g/mol. The first-order valence-corrected chi connectivity index (χ1v) is 7.10. The van der Waals surface area contributed by atoms with E-state index in [1.165, 1.54) is 5.56 Å². The molecule has 5 heteroatoms. The van der Waals surface area contributed by atoms with Gasteiger partial charge < -0.3 is 19.8 Å². The minimum atomic E-state index is -0.185. The highest BCUT2D eigenvalue weighted by molar-refractivity contribution is 5.96. The summed E-state index contributed by atoms with van der Waals surface area (Å²) in [5, 5.41) is 6.95. The Balaban J connectivity index is 1.91.